The minimum Gasteiger partial charge on any atom is -0.497 e. The van der Waals surface area contributed by atoms with Crippen LogP contribution >= 0.6 is 0 Å². The molecule has 0 radical (unpaired) electrons. The Morgan fingerprint density at radius 2 is 1.48 bits per heavy atom. The first-order valence-corrected chi connectivity index (χ1v) is 10.9. The predicted octanol–water partition coefficient (Wildman–Crippen LogP) is 4.50. The maximum atomic E-state index is 14.0. The second-order valence-corrected chi connectivity index (χ2v) is 8.52. The van der Waals surface area contributed by atoms with Gasteiger partial charge < -0.3 is 14.5 Å². The van der Waals surface area contributed by atoms with Crippen LogP contribution in [0.15, 0.2) is 66.7 Å². The molecule has 6 nitrogen and oxygen atoms in total. The van der Waals surface area contributed by atoms with Crippen molar-refractivity contribution in [1.82, 2.24) is 0 Å². The Kier molecular flexibility index (Phi) is 6.09. The Balaban J connectivity index is 1.83. The number of hydrogen-bond donors (Lipinski definition) is 0. The highest BCUT2D eigenvalue weighted by Gasteiger charge is 2.42. The van der Waals surface area contributed by atoms with Crippen LogP contribution in [0, 0.1) is 13.8 Å². The van der Waals surface area contributed by atoms with Gasteiger partial charge in [0.1, 0.15) is 18.3 Å². The van der Waals surface area contributed by atoms with E-state index in [1.165, 1.54) is 0 Å². The number of amides is 2. The number of ether oxygens (including phenoxy) is 1. The third-order valence-corrected chi connectivity index (χ3v) is 6.11. The largest absolute Gasteiger partial charge is 0.497 e. The first-order chi connectivity index (χ1) is 15.8. The molecule has 0 bridgehead atoms. The quantitative estimate of drug-likeness (QED) is 0.583. The molecule has 0 aromatic heterocycles. The third-order valence-electron chi connectivity index (χ3n) is 6.11. The van der Waals surface area contributed by atoms with E-state index in [0.29, 0.717) is 11.4 Å². The number of benzene rings is 3. The second-order valence-electron chi connectivity index (χ2n) is 8.52. The van der Waals surface area contributed by atoms with Crippen molar-refractivity contribution in [3.63, 3.8) is 0 Å². The molecule has 0 unspecified atom stereocenters. The standard InChI is InChI=1S/C27H29N3O3/c1-18-7-6-8-19(2)25(18)29-17-24(31)30(22-13-15-23(33-5)16-14-22)26(27(29)32)20-9-11-21(12-10-20)28(3)4/h6-16,26H,17H2,1-5H3/t26-/m0/s1. The van der Waals surface area contributed by atoms with Gasteiger partial charge in [0.2, 0.25) is 5.91 Å². The molecule has 4 rings (SSSR count). The minimum absolute atomic E-state index is 0.0111. The molecular formula is C27H29N3O3. The molecule has 1 atom stereocenters. The lowest BCUT2D eigenvalue weighted by Crippen LogP contribution is -2.56. The molecule has 0 spiro atoms. The summed E-state index contributed by atoms with van der Waals surface area (Å²) in [5.74, 6) is 0.433. The van der Waals surface area contributed by atoms with Crippen LogP contribution in [0.3, 0.4) is 0 Å². The number of carbonyl (C=O) groups excluding carboxylic acids is 2. The maximum absolute atomic E-state index is 14.0. The van der Waals surface area contributed by atoms with Crippen molar-refractivity contribution < 1.29 is 14.3 Å². The van der Waals surface area contributed by atoms with E-state index in [1.807, 2.05) is 87.4 Å². The summed E-state index contributed by atoms with van der Waals surface area (Å²) in [4.78, 5) is 32.8. The predicted molar refractivity (Wildman–Crippen MR) is 132 cm³/mol. The highest BCUT2D eigenvalue weighted by molar-refractivity contribution is 6.15. The van der Waals surface area contributed by atoms with Crippen LogP contribution in [0.5, 0.6) is 5.75 Å². The van der Waals surface area contributed by atoms with Crippen LogP contribution in [0.1, 0.15) is 22.7 Å². The molecule has 1 fully saturated rings. The maximum Gasteiger partial charge on any atom is 0.255 e. The van der Waals surface area contributed by atoms with Crippen molar-refractivity contribution in [3.8, 4) is 5.75 Å². The van der Waals surface area contributed by atoms with Crippen molar-refractivity contribution in [2.24, 2.45) is 0 Å². The SMILES string of the molecule is COc1ccc(N2C(=O)CN(c3c(C)cccc3C)C(=O)[C@@H]2c2ccc(N(C)C)cc2)cc1. The highest BCUT2D eigenvalue weighted by Crippen LogP contribution is 2.37. The van der Waals surface area contributed by atoms with E-state index < -0.39 is 6.04 Å². The van der Waals surface area contributed by atoms with Gasteiger partial charge in [0.25, 0.3) is 5.91 Å². The van der Waals surface area contributed by atoms with Crippen LogP contribution in [0.25, 0.3) is 0 Å². The van der Waals surface area contributed by atoms with E-state index in [0.717, 1.165) is 28.1 Å². The fourth-order valence-corrected chi connectivity index (χ4v) is 4.39. The summed E-state index contributed by atoms with van der Waals surface area (Å²) < 4.78 is 5.27. The van der Waals surface area contributed by atoms with E-state index in [1.54, 1.807) is 29.0 Å². The fraction of sp³-hybridized carbons (Fsp3) is 0.259. The lowest BCUT2D eigenvalue weighted by atomic mass is 9.97. The first kappa shape index (κ1) is 22.4. The van der Waals surface area contributed by atoms with Crippen LogP contribution in [-0.4, -0.2) is 39.6 Å². The van der Waals surface area contributed by atoms with Crippen LogP contribution in [0.2, 0.25) is 0 Å². The van der Waals surface area contributed by atoms with Crippen LogP contribution in [0.4, 0.5) is 17.1 Å². The van der Waals surface area contributed by atoms with E-state index in [-0.39, 0.29) is 18.4 Å². The zero-order valence-electron chi connectivity index (χ0n) is 19.7. The zero-order chi connectivity index (χ0) is 23.7. The number of hydrogen-bond acceptors (Lipinski definition) is 4. The van der Waals surface area contributed by atoms with Gasteiger partial charge in [-0.1, -0.05) is 30.3 Å². The van der Waals surface area contributed by atoms with Crippen molar-refractivity contribution in [3.05, 3.63) is 83.4 Å². The summed E-state index contributed by atoms with van der Waals surface area (Å²) in [7, 11) is 5.54. The Morgan fingerprint density at radius 1 is 0.879 bits per heavy atom. The van der Waals surface area contributed by atoms with Crippen molar-refractivity contribution in [1.29, 1.82) is 0 Å². The summed E-state index contributed by atoms with van der Waals surface area (Å²) in [5.41, 5.74) is 5.20. The number of aryl methyl sites for hydroxylation is 2. The van der Waals surface area contributed by atoms with Gasteiger partial charge in [-0.05, 0) is 66.9 Å². The molecule has 3 aromatic carbocycles. The average Bonchev–Trinajstić information content (AvgIpc) is 2.81. The molecule has 6 heteroatoms. The average molecular weight is 444 g/mol. The Bertz CT molecular complexity index is 1150. The summed E-state index contributed by atoms with van der Waals surface area (Å²) in [6.07, 6.45) is 0. The minimum atomic E-state index is -0.769. The zero-order valence-corrected chi connectivity index (χ0v) is 19.7. The molecule has 170 valence electrons. The van der Waals surface area contributed by atoms with E-state index in [4.69, 9.17) is 4.74 Å². The summed E-state index contributed by atoms with van der Waals surface area (Å²) in [6.45, 7) is 3.93. The molecule has 1 aliphatic heterocycles. The summed E-state index contributed by atoms with van der Waals surface area (Å²) in [5, 5.41) is 0. The molecular weight excluding hydrogens is 414 g/mol. The monoisotopic (exact) mass is 443 g/mol. The van der Waals surface area contributed by atoms with Crippen LogP contribution in [-0.2, 0) is 9.59 Å². The van der Waals surface area contributed by atoms with E-state index >= 15 is 0 Å². The van der Waals surface area contributed by atoms with Gasteiger partial charge >= 0.3 is 0 Å². The van der Waals surface area contributed by atoms with Gasteiger partial charge in [-0.15, -0.1) is 0 Å². The number of carbonyl (C=O) groups is 2. The lowest BCUT2D eigenvalue weighted by molar-refractivity contribution is -0.128. The Hall–Kier alpha value is -3.80. The van der Waals surface area contributed by atoms with Gasteiger partial charge in [0, 0.05) is 25.5 Å². The number of nitrogens with zero attached hydrogens (tertiary/aromatic N) is 3. The molecule has 1 aliphatic rings. The fourth-order valence-electron chi connectivity index (χ4n) is 4.39. The van der Waals surface area contributed by atoms with E-state index in [9.17, 15) is 9.59 Å². The Morgan fingerprint density at radius 3 is 2.03 bits per heavy atom. The topological polar surface area (TPSA) is 53.1 Å². The molecule has 0 saturated carbocycles. The number of piperazine rings is 1. The van der Waals surface area contributed by atoms with Gasteiger partial charge in [0.05, 0.1) is 12.8 Å². The summed E-state index contributed by atoms with van der Waals surface area (Å²) >= 11 is 0. The lowest BCUT2D eigenvalue weighted by Gasteiger charge is -2.41. The molecule has 2 amide bonds. The van der Waals surface area contributed by atoms with Crippen molar-refractivity contribution in [2.75, 3.05) is 42.4 Å². The summed E-state index contributed by atoms with van der Waals surface area (Å²) in [6, 6.07) is 20.2. The molecule has 1 saturated heterocycles. The highest BCUT2D eigenvalue weighted by atomic mass is 16.5. The van der Waals surface area contributed by atoms with E-state index in [2.05, 4.69) is 0 Å². The molecule has 1 heterocycles. The van der Waals surface area contributed by atoms with Crippen LogP contribution < -0.4 is 19.4 Å². The van der Waals surface area contributed by atoms with Gasteiger partial charge in [-0.25, -0.2) is 0 Å². The smallest absolute Gasteiger partial charge is 0.255 e. The Labute approximate surface area is 195 Å². The normalized spacial score (nSPS) is 16.2. The molecule has 3 aromatic rings. The molecule has 0 aliphatic carbocycles. The first-order valence-electron chi connectivity index (χ1n) is 10.9. The van der Waals surface area contributed by atoms with Crippen molar-refractivity contribution in [2.45, 2.75) is 19.9 Å². The number of rotatable bonds is 5. The van der Waals surface area contributed by atoms with Gasteiger partial charge in [-0.3, -0.25) is 14.5 Å². The second kappa shape index (κ2) is 8.98. The van der Waals surface area contributed by atoms with Gasteiger partial charge in [-0.2, -0.15) is 0 Å². The molecule has 33 heavy (non-hydrogen) atoms. The van der Waals surface area contributed by atoms with Crippen molar-refractivity contribution >= 4 is 28.9 Å². The number of para-hydroxylation sites is 1. The number of methoxy groups -OCH3 is 1. The molecule has 0 N–H and O–H groups in total. The number of anilines is 3. The third kappa shape index (κ3) is 4.16. The van der Waals surface area contributed by atoms with Gasteiger partial charge in [0.15, 0.2) is 0 Å².